The molecule has 42 heavy (non-hydrogen) atoms. The molecule has 6 heteroatoms. The van der Waals surface area contributed by atoms with Gasteiger partial charge >= 0.3 is 5.97 Å². The van der Waals surface area contributed by atoms with Crippen LogP contribution in [0.15, 0.2) is 66.7 Å². The van der Waals surface area contributed by atoms with Crippen LogP contribution < -0.4 is 5.32 Å². The van der Waals surface area contributed by atoms with Crippen LogP contribution in [0, 0.1) is 5.92 Å². The highest BCUT2D eigenvalue weighted by Gasteiger charge is 2.38. The van der Waals surface area contributed by atoms with Crippen LogP contribution >= 0.6 is 0 Å². The summed E-state index contributed by atoms with van der Waals surface area (Å²) in [5.41, 5.74) is 5.74. The number of anilines is 1. The number of fused-ring (bicyclic) bond motifs is 1. The quantitative estimate of drug-likeness (QED) is 0.180. The summed E-state index contributed by atoms with van der Waals surface area (Å²) >= 11 is 0. The number of aliphatic carboxylic acids is 1. The number of carbonyl (C=O) groups is 3. The molecule has 0 saturated heterocycles. The van der Waals surface area contributed by atoms with E-state index in [-0.39, 0.29) is 17.7 Å². The molecule has 0 radical (unpaired) electrons. The lowest BCUT2D eigenvalue weighted by molar-refractivity contribution is -0.144. The lowest BCUT2D eigenvalue weighted by atomic mass is 10.00. The highest BCUT2D eigenvalue weighted by Crippen LogP contribution is 2.31. The van der Waals surface area contributed by atoms with Crippen LogP contribution in [0.3, 0.4) is 0 Å². The average Bonchev–Trinajstić information content (AvgIpc) is 3.29. The fourth-order valence-electron chi connectivity index (χ4n) is 5.74. The lowest BCUT2D eigenvalue weighted by Crippen LogP contribution is -2.44. The Morgan fingerprint density at radius 2 is 1.45 bits per heavy atom. The van der Waals surface area contributed by atoms with Gasteiger partial charge in [0.05, 0.1) is 0 Å². The summed E-state index contributed by atoms with van der Waals surface area (Å²) in [6.07, 6.45) is 11.5. The molecule has 1 heterocycles. The Balaban J connectivity index is 1.30. The first-order chi connectivity index (χ1) is 20.3. The SMILES string of the molecule is CCCCCCCCCCc1ccc(C(=O)Nc2ccc(-c3ccc4c(c3)C(=O)N([C@H](C(=O)O)C(C)C)C4)cc2)cc1. The average molecular weight is 569 g/mol. The van der Waals surface area contributed by atoms with E-state index in [1.165, 1.54) is 61.8 Å². The number of nitrogens with one attached hydrogen (secondary N) is 1. The van der Waals surface area contributed by atoms with Gasteiger partial charge in [0.15, 0.2) is 0 Å². The summed E-state index contributed by atoms with van der Waals surface area (Å²) in [5, 5.41) is 12.6. The first-order valence-corrected chi connectivity index (χ1v) is 15.5. The van der Waals surface area contributed by atoms with Crippen LogP contribution in [0.4, 0.5) is 5.69 Å². The van der Waals surface area contributed by atoms with Gasteiger partial charge < -0.3 is 15.3 Å². The first kappa shape index (κ1) is 31.0. The van der Waals surface area contributed by atoms with Gasteiger partial charge in [-0.1, -0.05) is 102 Å². The van der Waals surface area contributed by atoms with Crippen molar-refractivity contribution in [2.75, 3.05) is 5.32 Å². The predicted octanol–water partition coefficient (Wildman–Crippen LogP) is 8.35. The van der Waals surface area contributed by atoms with Crippen LogP contribution in [0.2, 0.25) is 0 Å². The number of carboxylic acid groups (broad SMARTS) is 1. The molecule has 222 valence electrons. The number of carbonyl (C=O) groups excluding carboxylic acids is 2. The van der Waals surface area contributed by atoms with Crippen molar-refractivity contribution in [1.29, 1.82) is 0 Å². The molecule has 0 aromatic heterocycles. The van der Waals surface area contributed by atoms with Crippen LogP contribution in [-0.4, -0.2) is 33.8 Å². The first-order valence-electron chi connectivity index (χ1n) is 15.5. The van der Waals surface area contributed by atoms with Gasteiger partial charge in [0.1, 0.15) is 6.04 Å². The molecule has 0 bridgehead atoms. The molecule has 0 aliphatic carbocycles. The molecule has 1 atom stereocenters. The van der Waals surface area contributed by atoms with Crippen molar-refractivity contribution < 1.29 is 19.5 Å². The number of unbranched alkanes of at least 4 members (excludes halogenated alkanes) is 7. The van der Waals surface area contributed by atoms with Crippen molar-refractivity contribution in [3.05, 3.63) is 89.0 Å². The molecule has 0 saturated carbocycles. The minimum Gasteiger partial charge on any atom is -0.480 e. The topological polar surface area (TPSA) is 86.7 Å². The van der Waals surface area contributed by atoms with E-state index in [1.807, 2.05) is 68.4 Å². The van der Waals surface area contributed by atoms with Crippen molar-refractivity contribution in [2.45, 2.75) is 91.1 Å². The van der Waals surface area contributed by atoms with Crippen molar-refractivity contribution in [3.8, 4) is 11.1 Å². The van der Waals surface area contributed by atoms with Gasteiger partial charge in [-0.05, 0) is 71.3 Å². The molecule has 0 spiro atoms. The van der Waals surface area contributed by atoms with E-state index in [9.17, 15) is 19.5 Å². The van der Waals surface area contributed by atoms with Crippen LogP contribution in [0.5, 0.6) is 0 Å². The van der Waals surface area contributed by atoms with E-state index < -0.39 is 12.0 Å². The summed E-state index contributed by atoms with van der Waals surface area (Å²) in [6, 6.07) is 20.2. The maximum absolute atomic E-state index is 13.1. The molecule has 2 amide bonds. The molecular formula is C36H44N2O4. The van der Waals surface area contributed by atoms with E-state index in [4.69, 9.17) is 0 Å². The predicted molar refractivity (Wildman–Crippen MR) is 169 cm³/mol. The molecule has 0 fully saturated rings. The van der Waals surface area contributed by atoms with Crippen molar-refractivity contribution in [1.82, 2.24) is 4.90 Å². The molecule has 3 aromatic rings. The maximum atomic E-state index is 13.1. The number of carboxylic acids is 1. The number of aryl methyl sites for hydroxylation is 1. The Morgan fingerprint density at radius 3 is 2.07 bits per heavy atom. The van der Waals surface area contributed by atoms with Gasteiger partial charge in [0, 0.05) is 23.4 Å². The van der Waals surface area contributed by atoms with E-state index >= 15 is 0 Å². The summed E-state index contributed by atoms with van der Waals surface area (Å²) < 4.78 is 0. The third-order valence-corrected chi connectivity index (χ3v) is 8.17. The molecule has 6 nitrogen and oxygen atoms in total. The molecule has 1 aliphatic heterocycles. The number of benzene rings is 3. The number of hydrogen-bond acceptors (Lipinski definition) is 3. The minimum atomic E-state index is -0.987. The van der Waals surface area contributed by atoms with Crippen LogP contribution in [-0.2, 0) is 17.8 Å². The summed E-state index contributed by atoms with van der Waals surface area (Å²) in [7, 11) is 0. The molecule has 2 N–H and O–H groups in total. The highest BCUT2D eigenvalue weighted by molar-refractivity contribution is 6.04. The molecule has 3 aromatic carbocycles. The molecule has 0 unspecified atom stereocenters. The van der Waals surface area contributed by atoms with Gasteiger partial charge in [-0.3, -0.25) is 9.59 Å². The van der Waals surface area contributed by atoms with Crippen LogP contribution in [0.1, 0.15) is 104 Å². The van der Waals surface area contributed by atoms with Gasteiger partial charge in [-0.2, -0.15) is 0 Å². The number of amides is 2. The zero-order valence-corrected chi connectivity index (χ0v) is 25.2. The summed E-state index contributed by atoms with van der Waals surface area (Å²) in [5.74, 6) is -1.58. The highest BCUT2D eigenvalue weighted by atomic mass is 16.4. The smallest absolute Gasteiger partial charge is 0.326 e. The van der Waals surface area contributed by atoms with Gasteiger partial charge in [0.25, 0.3) is 11.8 Å². The van der Waals surface area contributed by atoms with E-state index in [0.717, 1.165) is 23.1 Å². The Bertz CT molecular complexity index is 1360. The lowest BCUT2D eigenvalue weighted by Gasteiger charge is -2.27. The Hall–Kier alpha value is -3.93. The van der Waals surface area contributed by atoms with Gasteiger partial charge in [-0.25, -0.2) is 4.79 Å². The zero-order chi connectivity index (χ0) is 30.1. The van der Waals surface area contributed by atoms with Crippen molar-refractivity contribution in [2.24, 2.45) is 5.92 Å². The molecule has 4 rings (SSSR count). The largest absolute Gasteiger partial charge is 0.480 e. The third kappa shape index (κ3) is 7.87. The molecular weight excluding hydrogens is 524 g/mol. The summed E-state index contributed by atoms with van der Waals surface area (Å²) in [6.45, 7) is 6.18. The Morgan fingerprint density at radius 1 is 0.833 bits per heavy atom. The standard InChI is InChI=1S/C36H44N2O4/c1-4-5-6-7-8-9-10-11-12-26-13-15-28(16-14-26)34(39)37-31-21-19-27(20-22-31)29-17-18-30-24-38(35(40)32(30)23-29)33(25(2)3)36(41)42/h13-23,25,33H,4-12,24H2,1-3H3,(H,37,39)(H,41,42)/t33-/m0/s1. The Labute approximate surface area is 250 Å². The van der Waals surface area contributed by atoms with Crippen molar-refractivity contribution in [3.63, 3.8) is 0 Å². The monoisotopic (exact) mass is 568 g/mol. The number of rotatable bonds is 15. The third-order valence-electron chi connectivity index (χ3n) is 8.17. The fraction of sp³-hybridized carbons (Fsp3) is 0.417. The fourth-order valence-corrected chi connectivity index (χ4v) is 5.74. The van der Waals surface area contributed by atoms with E-state index in [2.05, 4.69) is 24.4 Å². The second-order valence-electron chi connectivity index (χ2n) is 11.8. The van der Waals surface area contributed by atoms with E-state index in [1.54, 1.807) is 0 Å². The van der Waals surface area contributed by atoms with E-state index in [0.29, 0.717) is 23.4 Å². The normalized spacial score (nSPS) is 13.3. The van der Waals surface area contributed by atoms with Gasteiger partial charge in [-0.15, -0.1) is 0 Å². The number of nitrogens with zero attached hydrogens (tertiary/aromatic N) is 1. The van der Waals surface area contributed by atoms with Crippen LogP contribution in [0.25, 0.3) is 11.1 Å². The summed E-state index contributed by atoms with van der Waals surface area (Å²) in [4.78, 5) is 39.2. The number of hydrogen-bond donors (Lipinski definition) is 2. The second kappa shape index (κ2) is 14.8. The Kier molecular flexibility index (Phi) is 10.9. The maximum Gasteiger partial charge on any atom is 0.326 e. The second-order valence-corrected chi connectivity index (χ2v) is 11.8. The zero-order valence-electron chi connectivity index (χ0n) is 25.2. The van der Waals surface area contributed by atoms with Crippen molar-refractivity contribution >= 4 is 23.5 Å². The van der Waals surface area contributed by atoms with Gasteiger partial charge in [0.2, 0.25) is 0 Å². The minimum absolute atomic E-state index is 0.150. The molecule has 1 aliphatic rings.